The second-order valence-corrected chi connectivity index (χ2v) is 9.88. The van der Waals surface area contributed by atoms with E-state index in [1.54, 1.807) is 24.0 Å². The number of carbonyl (C=O) groups excluding carboxylic acids is 1. The van der Waals surface area contributed by atoms with Gasteiger partial charge >= 0.3 is 0 Å². The predicted molar refractivity (Wildman–Crippen MR) is 118 cm³/mol. The van der Waals surface area contributed by atoms with E-state index in [1.165, 1.54) is 10.4 Å². The highest BCUT2D eigenvalue weighted by Crippen LogP contribution is 2.35. The molecule has 4 rings (SSSR count). The summed E-state index contributed by atoms with van der Waals surface area (Å²) < 4.78 is 39.4. The number of fused-ring (bicyclic) bond motifs is 1. The second kappa shape index (κ2) is 9.06. The van der Waals surface area contributed by atoms with E-state index in [0.717, 1.165) is 5.69 Å². The molecular weight excluding hydrogens is 440 g/mol. The minimum Gasteiger partial charge on any atom is -0.492 e. The van der Waals surface area contributed by atoms with Crippen molar-refractivity contribution in [3.63, 3.8) is 0 Å². The van der Waals surface area contributed by atoms with Crippen molar-refractivity contribution in [1.29, 1.82) is 0 Å². The van der Waals surface area contributed by atoms with Crippen LogP contribution in [-0.4, -0.2) is 51.5 Å². The number of benzene rings is 2. The molecule has 0 aromatic heterocycles. The van der Waals surface area contributed by atoms with Crippen LogP contribution in [0.1, 0.15) is 19.8 Å². The smallest absolute Gasteiger partial charge is 0.246 e. The zero-order valence-electron chi connectivity index (χ0n) is 17.3. The average Bonchev–Trinajstić information content (AvgIpc) is 2.79. The highest BCUT2D eigenvalue weighted by atomic mass is 35.5. The first-order valence-corrected chi connectivity index (χ1v) is 12.2. The first-order valence-electron chi connectivity index (χ1n) is 10.4. The van der Waals surface area contributed by atoms with Gasteiger partial charge in [-0.1, -0.05) is 23.7 Å². The third-order valence-electron chi connectivity index (χ3n) is 5.55. The largest absolute Gasteiger partial charge is 0.492 e. The third-order valence-corrected chi connectivity index (χ3v) is 7.67. The average molecular weight is 465 g/mol. The van der Waals surface area contributed by atoms with Gasteiger partial charge in [0.25, 0.3) is 0 Å². The minimum absolute atomic E-state index is 0.0340. The molecule has 1 atom stereocenters. The van der Waals surface area contributed by atoms with Crippen LogP contribution >= 0.6 is 11.6 Å². The summed E-state index contributed by atoms with van der Waals surface area (Å²) in [6.45, 7) is 3.46. The molecule has 1 fully saturated rings. The Labute approximate surface area is 187 Å². The van der Waals surface area contributed by atoms with E-state index in [1.807, 2.05) is 24.3 Å². The zero-order valence-corrected chi connectivity index (χ0v) is 18.9. The molecule has 2 aromatic rings. The molecule has 31 heavy (non-hydrogen) atoms. The molecule has 2 aliphatic heterocycles. The van der Waals surface area contributed by atoms with E-state index in [0.29, 0.717) is 49.9 Å². The van der Waals surface area contributed by atoms with Crippen molar-refractivity contribution in [2.45, 2.75) is 24.7 Å². The van der Waals surface area contributed by atoms with Crippen molar-refractivity contribution in [2.24, 2.45) is 5.92 Å². The maximum absolute atomic E-state index is 13.4. The van der Waals surface area contributed by atoms with Gasteiger partial charge in [0.1, 0.15) is 23.0 Å². The topological polar surface area (TPSA) is 76.2 Å². The molecule has 1 saturated heterocycles. The molecule has 1 amide bonds. The van der Waals surface area contributed by atoms with E-state index >= 15 is 0 Å². The lowest BCUT2D eigenvalue weighted by Gasteiger charge is -2.36. The number of piperidine rings is 1. The Bertz CT molecular complexity index is 1080. The Morgan fingerprint density at radius 1 is 1.23 bits per heavy atom. The number of ether oxygens (including phenoxy) is 2. The number of carbonyl (C=O) groups is 1. The monoisotopic (exact) mass is 464 g/mol. The van der Waals surface area contributed by atoms with Crippen LogP contribution in [0, 0.1) is 5.92 Å². The standard InChI is InChI=1S/C22H25ClN2O5S/c1-2-29-20-10-9-17(23)14-21(20)31(27,28)24-11-5-6-16(15-24)22(26)25-12-13-30-19-8-4-3-7-18(19)25/h3-4,7-10,14,16H,2,5-6,11-13,15H2,1H3/t16-/m0/s1. The summed E-state index contributed by atoms with van der Waals surface area (Å²) in [5, 5.41) is 0.316. The van der Waals surface area contributed by atoms with Crippen molar-refractivity contribution in [1.82, 2.24) is 4.31 Å². The van der Waals surface area contributed by atoms with Gasteiger partial charge in [0.2, 0.25) is 15.9 Å². The van der Waals surface area contributed by atoms with Gasteiger partial charge < -0.3 is 14.4 Å². The molecule has 0 unspecified atom stereocenters. The number of halogens is 1. The van der Waals surface area contributed by atoms with Crippen LogP contribution in [0.2, 0.25) is 5.02 Å². The van der Waals surface area contributed by atoms with Crippen molar-refractivity contribution >= 4 is 33.2 Å². The molecule has 7 nitrogen and oxygen atoms in total. The summed E-state index contributed by atoms with van der Waals surface area (Å²) in [6, 6.07) is 12.0. The fraction of sp³-hybridized carbons (Fsp3) is 0.409. The second-order valence-electron chi connectivity index (χ2n) is 7.53. The van der Waals surface area contributed by atoms with Gasteiger partial charge in [0.05, 0.1) is 24.8 Å². The summed E-state index contributed by atoms with van der Waals surface area (Å²) in [5.41, 5.74) is 0.729. The van der Waals surface area contributed by atoms with Gasteiger partial charge in [0.15, 0.2) is 0 Å². The van der Waals surface area contributed by atoms with Crippen molar-refractivity contribution in [3.05, 3.63) is 47.5 Å². The summed E-state index contributed by atoms with van der Waals surface area (Å²) in [5.74, 6) is 0.432. The number of hydrogen-bond donors (Lipinski definition) is 0. The van der Waals surface area contributed by atoms with Gasteiger partial charge in [-0.05, 0) is 50.1 Å². The first kappa shape index (κ1) is 21.9. The fourth-order valence-electron chi connectivity index (χ4n) is 4.08. The fourth-order valence-corrected chi connectivity index (χ4v) is 6.00. The normalized spacial score (nSPS) is 19.4. The molecule has 166 valence electrons. The van der Waals surface area contributed by atoms with E-state index < -0.39 is 15.9 Å². The van der Waals surface area contributed by atoms with Gasteiger partial charge in [-0.15, -0.1) is 0 Å². The van der Waals surface area contributed by atoms with Crippen LogP contribution < -0.4 is 14.4 Å². The lowest BCUT2D eigenvalue weighted by Crippen LogP contribution is -2.48. The van der Waals surface area contributed by atoms with Gasteiger partial charge in [-0.25, -0.2) is 8.42 Å². The van der Waals surface area contributed by atoms with Crippen LogP contribution in [0.3, 0.4) is 0 Å². The van der Waals surface area contributed by atoms with Gasteiger partial charge in [-0.2, -0.15) is 4.31 Å². The Balaban J connectivity index is 1.58. The maximum atomic E-state index is 13.4. The minimum atomic E-state index is -3.87. The molecule has 2 heterocycles. The van der Waals surface area contributed by atoms with E-state index in [9.17, 15) is 13.2 Å². The molecule has 0 bridgehead atoms. The summed E-state index contributed by atoms with van der Waals surface area (Å²) in [6.07, 6.45) is 1.24. The third kappa shape index (κ3) is 4.37. The molecule has 0 saturated carbocycles. The van der Waals surface area contributed by atoms with Crippen molar-refractivity contribution in [2.75, 3.05) is 37.7 Å². The van der Waals surface area contributed by atoms with Crippen LogP contribution in [0.5, 0.6) is 11.5 Å². The number of amides is 1. The summed E-state index contributed by atoms with van der Waals surface area (Å²) in [7, 11) is -3.87. The Morgan fingerprint density at radius 3 is 2.84 bits per heavy atom. The number of nitrogens with zero attached hydrogens (tertiary/aromatic N) is 2. The Hall–Kier alpha value is -2.29. The molecule has 2 aromatic carbocycles. The number of sulfonamides is 1. The molecule has 2 aliphatic rings. The highest BCUT2D eigenvalue weighted by Gasteiger charge is 2.37. The van der Waals surface area contributed by atoms with E-state index in [2.05, 4.69) is 0 Å². The van der Waals surface area contributed by atoms with Crippen molar-refractivity contribution in [3.8, 4) is 11.5 Å². The van der Waals surface area contributed by atoms with Gasteiger partial charge in [0, 0.05) is 18.1 Å². The number of hydrogen-bond acceptors (Lipinski definition) is 5. The number of anilines is 1. The SMILES string of the molecule is CCOc1ccc(Cl)cc1S(=O)(=O)N1CCC[C@H](C(=O)N2CCOc3ccccc32)C1. The lowest BCUT2D eigenvalue weighted by atomic mass is 9.97. The molecule has 0 aliphatic carbocycles. The van der Waals surface area contributed by atoms with Gasteiger partial charge in [-0.3, -0.25) is 4.79 Å². The first-order chi connectivity index (χ1) is 14.9. The lowest BCUT2D eigenvalue weighted by molar-refractivity contribution is -0.123. The highest BCUT2D eigenvalue weighted by molar-refractivity contribution is 7.89. The van der Waals surface area contributed by atoms with E-state index in [4.69, 9.17) is 21.1 Å². The molecule has 0 radical (unpaired) electrons. The summed E-state index contributed by atoms with van der Waals surface area (Å²) in [4.78, 5) is 15.1. The molecular formula is C22H25ClN2O5S. The zero-order chi connectivity index (χ0) is 22.0. The molecule has 0 N–H and O–H groups in total. The van der Waals surface area contributed by atoms with Crippen LogP contribution in [0.4, 0.5) is 5.69 Å². The van der Waals surface area contributed by atoms with Crippen LogP contribution in [-0.2, 0) is 14.8 Å². The van der Waals surface area contributed by atoms with E-state index in [-0.39, 0.29) is 23.1 Å². The number of para-hydroxylation sites is 2. The quantitative estimate of drug-likeness (QED) is 0.676. The number of rotatable bonds is 5. The molecule has 0 spiro atoms. The van der Waals surface area contributed by atoms with Crippen LogP contribution in [0.25, 0.3) is 0 Å². The Morgan fingerprint density at radius 2 is 2.03 bits per heavy atom. The van der Waals surface area contributed by atoms with Crippen LogP contribution in [0.15, 0.2) is 47.4 Å². The molecule has 9 heteroatoms. The van der Waals surface area contributed by atoms with Crippen molar-refractivity contribution < 1.29 is 22.7 Å². The Kier molecular flexibility index (Phi) is 6.41. The predicted octanol–water partition coefficient (Wildman–Crippen LogP) is 3.57. The summed E-state index contributed by atoms with van der Waals surface area (Å²) >= 11 is 6.08. The maximum Gasteiger partial charge on any atom is 0.246 e.